The second kappa shape index (κ2) is 6.91. The van der Waals surface area contributed by atoms with Gasteiger partial charge in [0.2, 0.25) is 5.89 Å². The number of rotatable bonds is 4. The second-order valence-electron chi connectivity index (χ2n) is 5.20. The Morgan fingerprint density at radius 1 is 1.08 bits per heavy atom. The first kappa shape index (κ1) is 15.7. The third-order valence-corrected chi connectivity index (χ3v) is 3.35. The highest BCUT2D eigenvalue weighted by Crippen LogP contribution is 2.15. The van der Waals surface area contributed by atoms with Crippen LogP contribution in [0.1, 0.15) is 17.0 Å². The highest BCUT2D eigenvalue weighted by atomic mass is 19.1. The van der Waals surface area contributed by atoms with Gasteiger partial charge in [0.05, 0.1) is 6.42 Å². The Balaban J connectivity index is 1.60. The number of nitrogens with zero attached hydrogens (tertiary/aromatic N) is 2. The van der Waals surface area contributed by atoms with Gasteiger partial charge in [-0.25, -0.2) is 9.18 Å². The molecule has 1 heterocycles. The number of hydrogen-bond donors (Lipinski definition) is 2. The molecule has 0 bridgehead atoms. The molecule has 3 aromatic rings. The molecule has 0 atom stereocenters. The van der Waals surface area contributed by atoms with Gasteiger partial charge in [0.25, 0.3) is 0 Å². The van der Waals surface area contributed by atoms with E-state index < -0.39 is 6.03 Å². The molecule has 24 heavy (non-hydrogen) atoms. The summed E-state index contributed by atoms with van der Waals surface area (Å²) in [6.07, 6.45) is 0.356. The maximum Gasteiger partial charge on any atom is 0.327 e. The summed E-state index contributed by atoms with van der Waals surface area (Å²) in [7, 11) is 0. The molecule has 2 N–H and O–H groups in total. The lowest BCUT2D eigenvalue weighted by Gasteiger charge is -2.07. The average Bonchev–Trinajstić information content (AvgIpc) is 2.99. The van der Waals surface area contributed by atoms with E-state index in [4.69, 9.17) is 4.42 Å². The summed E-state index contributed by atoms with van der Waals surface area (Å²) >= 11 is 0. The van der Waals surface area contributed by atoms with E-state index in [0.717, 1.165) is 11.1 Å². The average molecular weight is 326 g/mol. The minimum absolute atomic E-state index is 0.00167. The molecular formula is C17H15FN4O2. The van der Waals surface area contributed by atoms with Crippen molar-refractivity contribution in [3.8, 4) is 0 Å². The molecule has 0 spiro atoms. The highest BCUT2D eigenvalue weighted by molar-refractivity contribution is 5.98. The van der Waals surface area contributed by atoms with E-state index in [1.165, 1.54) is 12.1 Å². The molecule has 0 aliphatic rings. The van der Waals surface area contributed by atoms with E-state index in [-0.39, 0.29) is 11.8 Å². The van der Waals surface area contributed by atoms with Gasteiger partial charge in [-0.3, -0.25) is 5.32 Å². The van der Waals surface area contributed by atoms with Gasteiger partial charge in [0.15, 0.2) is 0 Å². The van der Waals surface area contributed by atoms with Gasteiger partial charge in [-0.05, 0) is 36.2 Å². The fourth-order valence-electron chi connectivity index (χ4n) is 2.12. The maximum atomic E-state index is 12.9. The molecule has 0 unspecified atom stereocenters. The third-order valence-electron chi connectivity index (χ3n) is 3.35. The Labute approximate surface area is 137 Å². The summed E-state index contributed by atoms with van der Waals surface area (Å²) < 4.78 is 18.2. The molecule has 0 radical (unpaired) electrons. The zero-order chi connectivity index (χ0) is 16.9. The smallest absolute Gasteiger partial charge is 0.327 e. The van der Waals surface area contributed by atoms with E-state index >= 15 is 0 Å². The summed E-state index contributed by atoms with van der Waals surface area (Å²) in [4.78, 5) is 11.9. The SMILES string of the molecule is Cc1ccccc1NC(=O)Nc1nnc(Cc2ccc(F)cc2)o1. The number of para-hydroxylation sites is 1. The fourth-order valence-corrected chi connectivity index (χ4v) is 2.12. The number of aryl methyl sites for hydroxylation is 1. The van der Waals surface area contributed by atoms with Crippen LogP contribution < -0.4 is 10.6 Å². The number of aromatic nitrogens is 2. The van der Waals surface area contributed by atoms with Crippen molar-refractivity contribution in [1.29, 1.82) is 0 Å². The number of amides is 2. The molecule has 1 aromatic heterocycles. The normalized spacial score (nSPS) is 10.4. The Morgan fingerprint density at radius 3 is 2.58 bits per heavy atom. The summed E-state index contributed by atoms with van der Waals surface area (Å²) in [5, 5.41) is 12.8. The number of hydrogen-bond acceptors (Lipinski definition) is 4. The lowest BCUT2D eigenvalue weighted by atomic mass is 10.1. The number of carbonyl (C=O) groups is 1. The van der Waals surface area contributed by atoms with Crippen molar-refractivity contribution in [2.75, 3.05) is 10.6 Å². The van der Waals surface area contributed by atoms with Crippen molar-refractivity contribution < 1.29 is 13.6 Å². The van der Waals surface area contributed by atoms with Crippen molar-refractivity contribution >= 4 is 17.7 Å². The third kappa shape index (κ3) is 3.95. The number of carbonyl (C=O) groups excluding carboxylic acids is 1. The molecule has 3 rings (SSSR count). The first-order valence-electron chi connectivity index (χ1n) is 7.30. The number of benzene rings is 2. The van der Waals surface area contributed by atoms with E-state index in [0.29, 0.717) is 18.0 Å². The summed E-state index contributed by atoms with van der Waals surface area (Å²) in [6, 6.07) is 12.9. The fraction of sp³-hybridized carbons (Fsp3) is 0.118. The van der Waals surface area contributed by atoms with Gasteiger partial charge in [0.1, 0.15) is 5.82 Å². The molecule has 0 fully saturated rings. The number of urea groups is 1. The van der Waals surface area contributed by atoms with Gasteiger partial charge in [-0.2, -0.15) is 0 Å². The molecule has 122 valence electrons. The van der Waals surface area contributed by atoms with Crippen LogP contribution in [0.3, 0.4) is 0 Å². The van der Waals surface area contributed by atoms with E-state index in [2.05, 4.69) is 20.8 Å². The van der Waals surface area contributed by atoms with Gasteiger partial charge in [-0.15, -0.1) is 5.10 Å². The lowest BCUT2D eigenvalue weighted by molar-refractivity contribution is 0.261. The molecular weight excluding hydrogens is 311 g/mol. The first-order valence-corrected chi connectivity index (χ1v) is 7.30. The van der Waals surface area contributed by atoms with Crippen LogP contribution in [-0.4, -0.2) is 16.2 Å². The largest absolute Gasteiger partial charge is 0.407 e. The number of anilines is 2. The molecule has 6 nitrogen and oxygen atoms in total. The highest BCUT2D eigenvalue weighted by Gasteiger charge is 2.11. The Bertz CT molecular complexity index is 846. The number of nitrogens with one attached hydrogen (secondary N) is 2. The van der Waals surface area contributed by atoms with E-state index in [9.17, 15) is 9.18 Å². The quantitative estimate of drug-likeness (QED) is 0.765. The minimum atomic E-state index is -0.471. The summed E-state index contributed by atoms with van der Waals surface area (Å²) in [6.45, 7) is 1.89. The van der Waals surface area contributed by atoms with Crippen LogP contribution in [0, 0.1) is 12.7 Å². The Kier molecular flexibility index (Phi) is 4.51. The van der Waals surface area contributed by atoms with Crippen LogP contribution in [0.15, 0.2) is 52.9 Å². The van der Waals surface area contributed by atoms with E-state index in [1.54, 1.807) is 18.2 Å². The minimum Gasteiger partial charge on any atom is -0.407 e. The Hall–Kier alpha value is -3.22. The zero-order valence-corrected chi connectivity index (χ0v) is 12.9. The predicted molar refractivity (Wildman–Crippen MR) is 87.3 cm³/mol. The van der Waals surface area contributed by atoms with Crippen LogP contribution in [0.25, 0.3) is 0 Å². The Morgan fingerprint density at radius 2 is 1.83 bits per heavy atom. The van der Waals surface area contributed by atoms with Crippen molar-refractivity contribution in [3.05, 3.63) is 71.4 Å². The number of halogens is 1. The van der Waals surface area contributed by atoms with Crippen molar-refractivity contribution in [3.63, 3.8) is 0 Å². The lowest BCUT2D eigenvalue weighted by Crippen LogP contribution is -2.20. The van der Waals surface area contributed by atoms with E-state index in [1.807, 2.05) is 25.1 Å². The predicted octanol–water partition coefficient (Wildman–Crippen LogP) is 3.75. The van der Waals surface area contributed by atoms with Crippen molar-refractivity contribution in [1.82, 2.24) is 10.2 Å². The second-order valence-corrected chi connectivity index (χ2v) is 5.20. The molecule has 0 aliphatic carbocycles. The van der Waals surface area contributed by atoms with Gasteiger partial charge in [0, 0.05) is 5.69 Å². The van der Waals surface area contributed by atoms with Crippen LogP contribution in [0.2, 0.25) is 0 Å². The molecule has 0 saturated heterocycles. The maximum absolute atomic E-state index is 12.9. The van der Waals surface area contributed by atoms with Crippen LogP contribution in [-0.2, 0) is 6.42 Å². The molecule has 0 aliphatic heterocycles. The summed E-state index contributed by atoms with van der Waals surface area (Å²) in [5.74, 6) is 0.0207. The van der Waals surface area contributed by atoms with Gasteiger partial charge in [-0.1, -0.05) is 35.4 Å². The molecule has 2 aromatic carbocycles. The van der Waals surface area contributed by atoms with Crippen LogP contribution >= 0.6 is 0 Å². The zero-order valence-electron chi connectivity index (χ0n) is 12.9. The van der Waals surface area contributed by atoms with Gasteiger partial charge < -0.3 is 9.73 Å². The van der Waals surface area contributed by atoms with Crippen molar-refractivity contribution in [2.45, 2.75) is 13.3 Å². The topological polar surface area (TPSA) is 80.0 Å². The molecule has 7 heteroatoms. The van der Waals surface area contributed by atoms with Crippen molar-refractivity contribution in [2.24, 2.45) is 0 Å². The first-order chi connectivity index (χ1) is 11.6. The molecule has 0 saturated carbocycles. The van der Waals surface area contributed by atoms with Crippen LogP contribution in [0.4, 0.5) is 20.9 Å². The van der Waals surface area contributed by atoms with Gasteiger partial charge >= 0.3 is 12.0 Å². The molecule has 2 amide bonds. The standard InChI is InChI=1S/C17H15FN4O2/c1-11-4-2-3-5-14(11)19-16(23)20-17-22-21-15(24-17)10-12-6-8-13(18)9-7-12/h2-9H,10H2,1H3,(H2,19,20,22,23). The summed E-state index contributed by atoms with van der Waals surface area (Å²) in [5.41, 5.74) is 2.46. The monoisotopic (exact) mass is 326 g/mol. The van der Waals surface area contributed by atoms with Crippen LogP contribution in [0.5, 0.6) is 0 Å².